The van der Waals surface area contributed by atoms with E-state index in [1.165, 1.54) is 99.5 Å². The maximum Gasteiger partial charge on any atom is 0.0541 e. The van der Waals surface area contributed by atoms with Gasteiger partial charge in [0, 0.05) is 32.9 Å². The van der Waals surface area contributed by atoms with Gasteiger partial charge in [-0.1, -0.05) is 175 Å². The molecule has 0 spiro atoms. The van der Waals surface area contributed by atoms with Crippen molar-refractivity contribution in [1.29, 1.82) is 0 Å². The first-order chi connectivity index (χ1) is 29.0. The number of para-hydroxylation sites is 2. The predicted octanol–water partition coefficient (Wildman–Crippen LogP) is 16.0. The molecular weight excluding hydrogens is 725 g/mol. The van der Waals surface area contributed by atoms with Crippen LogP contribution >= 0.6 is 0 Å². The minimum absolute atomic E-state index is 0.119. The third-order valence-corrected chi connectivity index (χ3v) is 12.3. The van der Waals surface area contributed by atoms with Gasteiger partial charge in [-0.25, -0.2) is 0 Å². The minimum Gasteiger partial charge on any atom is -0.309 e. The Balaban J connectivity index is 0.887. The lowest BCUT2D eigenvalue weighted by molar-refractivity contribution is 0.590. The summed E-state index contributed by atoms with van der Waals surface area (Å²) in [6, 6.07) is 67.2. The Morgan fingerprint density at radius 3 is 1.02 bits per heavy atom. The molecule has 2 heteroatoms. The van der Waals surface area contributed by atoms with Crippen molar-refractivity contribution in [2.75, 3.05) is 0 Å². The highest BCUT2D eigenvalue weighted by Gasteiger charge is 2.18. The topological polar surface area (TPSA) is 9.86 Å². The Morgan fingerprint density at radius 1 is 0.317 bits per heavy atom. The molecule has 0 fully saturated rings. The first-order valence-corrected chi connectivity index (χ1v) is 21.2. The lowest BCUT2D eigenvalue weighted by atomic mass is 9.87. The first-order valence-electron chi connectivity index (χ1n) is 21.2. The molecule has 10 aromatic rings. The van der Waals surface area contributed by atoms with Crippen LogP contribution in [-0.4, -0.2) is 9.13 Å². The molecule has 0 amide bonds. The second-order valence-electron chi connectivity index (χ2n) is 18.3. The summed E-state index contributed by atoms with van der Waals surface area (Å²) in [6.45, 7) is 13.6. The Labute approximate surface area is 353 Å². The fraction of sp³-hybridized carbons (Fsp3) is 0.138. The molecule has 8 aromatic carbocycles. The van der Waals surface area contributed by atoms with Crippen LogP contribution in [0.25, 0.3) is 89.4 Å². The summed E-state index contributed by atoms with van der Waals surface area (Å²) in [5.41, 5.74) is 17.4. The van der Waals surface area contributed by atoms with E-state index >= 15 is 0 Å². The molecule has 60 heavy (non-hydrogen) atoms. The van der Waals surface area contributed by atoms with Gasteiger partial charge >= 0.3 is 0 Å². The van der Waals surface area contributed by atoms with Gasteiger partial charge in [0.05, 0.1) is 22.1 Å². The number of aromatic nitrogens is 2. The maximum absolute atomic E-state index is 2.40. The molecule has 0 radical (unpaired) electrons. The van der Waals surface area contributed by atoms with Crippen LogP contribution in [0.2, 0.25) is 0 Å². The van der Waals surface area contributed by atoms with Crippen LogP contribution in [0.4, 0.5) is 0 Å². The highest BCUT2D eigenvalue weighted by molar-refractivity contribution is 6.11. The van der Waals surface area contributed by atoms with E-state index in [0.29, 0.717) is 0 Å². The second-order valence-corrected chi connectivity index (χ2v) is 18.3. The largest absolute Gasteiger partial charge is 0.309 e. The van der Waals surface area contributed by atoms with Crippen LogP contribution < -0.4 is 0 Å². The zero-order valence-electron chi connectivity index (χ0n) is 35.4. The van der Waals surface area contributed by atoms with Crippen molar-refractivity contribution in [2.24, 2.45) is 0 Å². The highest BCUT2D eigenvalue weighted by Crippen LogP contribution is 2.38. The minimum atomic E-state index is 0.119. The SMILES string of the molecule is CC(C)(C)c1ccc(-n2c3ccccc3c3cc(-c4ccc(/C=C/c5ccc(-c6ccc7c(c6)c6ccccc6n7-c6ccc(C(C)(C)C)cc6)cc5)cc4)ccc32)cc1. The molecule has 0 N–H and O–H groups in total. The summed E-state index contributed by atoms with van der Waals surface area (Å²) >= 11 is 0. The van der Waals surface area contributed by atoms with E-state index in [1.807, 2.05) is 0 Å². The van der Waals surface area contributed by atoms with Gasteiger partial charge in [-0.05, 0) is 116 Å². The molecule has 0 unspecified atom stereocenters. The van der Waals surface area contributed by atoms with Crippen molar-refractivity contribution in [1.82, 2.24) is 9.13 Å². The summed E-state index contributed by atoms with van der Waals surface area (Å²) in [7, 11) is 0. The molecule has 2 heterocycles. The molecule has 292 valence electrons. The number of fused-ring (bicyclic) bond motifs is 6. The Bertz CT molecular complexity index is 2990. The fourth-order valence-corrected chi connectivity index (χ4v) is 8.85. The van der Waals surface area contributed by atoms with Crippen molar-refractivity contribution in [3.8, 4) is 33.6 Å². The molecule has 0 saturated carbocycles. The van der Waals surface area contributed by atoms with E-state index in [4.69, 9.17) is 0 Å². The molecule has 0 atom stereocenters. The highest BCUT2D eigenvalue weighted by atomic mass is 15.0. The van der Waals surface area contributed by atoms with Crippen molar-refractivity contribution in [2.45, 2.75) is 52.4 Å². The third kappa shape index (κ3) is 6.73. The van der Waals surface area contributed by atoms with E-state index in [9.17, 15) is 0 Å². The molecule has 0 aliphatic carbocycles. The standard InChI is InChI=1S/C58H50N2/c1-57(2,3)45-27-31-47(32-28-45)59-53-13-9-7-11-49(53)51-37-43(25-35-55(51)59)41-21-17-39(18-22-41)15-16-40-19-23-42(24-20-40)44-26-36-56-52(38-44)50-12-8-10-14-54(50)60(56)48-33-29-46(30-34-48)58(4,5)6/h7-38H,1-6H3/b16-15+. The van der Waals surface area contributed by atoms with Crippen LogP contribution in [-0.2, 0) is 10.8 Å². The molecule has 0 saturated heterocycles. The molecule has 2 nitrogen and oxygen atoms in total. The predicted molar refractivity (Wildman–Crippen MR) is 259 cm³/mol. The molecular formula is C58H50N2. The number of hydrogen-bond acceptors (Lipinski definition) is 0. The summed E-state index contributed by atoms with van der Waals surface area (Å²) in [4.78, 5) is 0. The van der Waals surface area contributed by atoms with Gasteiger partial charge in [-0.15, -0.1) is 0 Å². The Morgan fingerprint density at radius 2 is 0.650 bits per heavy atom. The van der Waals surface area contributed by atoms with Crippen molar-refractivity contribution < 1.29 is 0 Å². The second kappa shape index (κ2) is 14.4. The normalized spacial score (nSPS) is 12.4. The molecule has 0 aliphatic heterocycles. The summed E-state index contributed by atoms with van der Waals surface area (Å²) in [5, 5.41) is 5.07. The molecule has 0 bridgehead atoms. The van der Waals surface area contributed by atoms with E-state index in [2.05, 4.69) is 245 Å². The van der Waals surface area contributed by atoms with Crippen molar-refractivity contribution in [3.05, 3.63) is 204 Å². The van der Waals surface area contributed by atoms with Crippen LogP contribution in [0, 0.1) is 0 Å². The van der Waals surface area contributed by atoms with E-state index < -0.39 is 0 Å². The summed E-state index contributed by atoms with van der Waals surface area (Å²) < 4.78 is 4.79. The first kappa shape index (κ1) is 37.4. The fourth-order valence-electron chi connectivity index (χ4n) is 8.85. The summed E-state index contributed by atoms with van der Waals surface area (Å²) in [6.07, 6.45) is 4.41. The average Bonchev–Trinajstić information content (AvgIpc) is 3.78. The Kier molecular flexibility index (Phi) is 8.99. The number of benzene rings is 8. The lowest BCUT2D eigenvalue weighted by Crippen LogP contribution is -2.10. The third-order valence-electron chi connectivity index (χ3n) is 12.3. The van der Waals surface area contributed by atoms with Gasteiger partial charge in [-0.3, -0.25) is 0 Å². The Hall–Kier alpha value is -6.90. The van der Waals surface area contributed by atoms with Crippen molar-refractivity contribution >= 4 is 55.8 Å². The molecule has 0 aliphatic rings. The molecule has 10 rings (SSSR count). The van der Waals surface area contributed by atoms with E-state index in [-0.39, 0.29) is 10.8 Å². The van der Waals surface area contributed by atoms with Crippen LogP contribution in [0.1, 0.15) is 63.8 Å². The van der Waals surface area contributed by atoms with E-state index in [1.54, 1.807) is 0 Å². The van der Waals surface area contributed by atoms with Gasteiger partial charge in [0.2, 0.25) is 0 Å². The lowest BCUT2D eigenvalue weighted by Gasteiger charge is -2.19. The van der Waals surface area contributed by atoms with Gasteiger partial charge in [0.15, 0.2) is 0 Å². The van der Waals surface area contributed by atoms with Gasteiger partial charge in [0.25, 0.3) is 0 Å². The molecule has 2 aromatic heterocycles. The zero-order chi connectivity index (χ0) is 41.2. The number of hydrogen-bond donors (Lipinski definition) is 0. The van der Waals surface area contributed by atoms with Crippen LogP contribution in [0.3, 0.4) is 0 Å². The zero-order valence-corrected chi connectivity index (χ0v) is 35.4. The van der Waals surface area contributed by atoms with Gasteiger partial charge in [0.1, 0.15) is 0 Å². The maximum atomic E-state index is 2.40. The average molecular weight is 775 g/mol. The van der Waals surface area contributed by atoms with Crippen LogP contribution in [0.15, 0.2) is 182 Å². The smallest absolute Gasteiger partial charge is 0.0541 e. The summed E-state index contributed by atoms with van der Waals surface area (Å²) in [5.74, 6) is 0. The van der Waals surface area contributed by atoms with Gasteiger partial charge in [-0.2, -0.15) is 0 Å². The number of nitrogens with zero attached hydrogens (tertiary/aromatic N) is 2. The quantitative estimate of drug-likeness (QED) is 0.149. The van der Waals surface area contributed by atoms with Gasteiger partial charge < -0.3 is 9.13 Å². The van der Waals surface area contributed by atoms with Crippen LogP contribution in [0.5, 0.6) is 0 Å². The van der Waals surface area contributed by atoms with E-state index in [0.717, 1.165) is 0 Å². The number of rotatable bonds is 6. The monoisotopic (exact) mass is 774 g/mol. The van der Waals surface area contributed by atoms with Crippen molar-refractivity contribution in [3.63, 3.8) is 0 Å².